The van der Waals surface area contributed by atoms with Crippen molar-refractivity contribution in [2.75, 3.05) is 14.2 Å². The summed E-state index contributed by atoms with van der Waals surface area (Å²) >= 11 is 0. The zero-order valence-corrected chi connectivity index (χ0v) is 19.1. The minimum atomic E-state index is -1.67. The predicted molar refractivity (Wildman–Crippen MR) is 95.1 cm³/mol. The van der Waals surface area contributed by atoms with Crippen molar-refractivity contribution in [2.24, 2.45) is 0 Å². The first-order chi connectivity index (χ1) is 9.36. The number of aliphatic hydroxyl groups excluding tert-OH is 2. The Balaban J connectivity index is -0.0000000630. The third kappa shape index (κ3) is 21.0. The van der Waals surface area contributed by atoms with Crippen LogP contribution >= 0.6 is 0 Å². The number of hydrogen-bond donors (Lipinski definition) is 4. The van der Waals surface area contributed by atoms with Gasteiger partial charge in [-0.2, -0.15) is 0 Å². The standard InChI is InChI=1S/2C6H16OSi.2CH4O.Ti/c2*1-4-8(7,5-2)6-3;2*1-2;/h2*7H,4-6H2,1-3H3;2*2H,1H3;. The van der Waals surface area contributed by atoms with Crippen LogP contribution in [0.1, 0.15) is 41.5 Å². The molecule has 0 aliphatic heterocycles. The summed E-state index contributed by atoms with van der Waals surface area (Å²) in [6.07, 6.45) is 0. The van der Waals surface area contributed by atoms with Gasteiger partial charge in [-0.3, -0.25) is 0 Å². The van der Waals surface area contributed by atoms with E-state index in [4.69, 9.17) is 10.2 Å². The molecule has 0 saturated carbocycles. The van der Waals surface area contributed by atoms with Crippen LogP contribution in [0.3, 0.4) is 0 Å². The Bertz CT molecular complexity index is 133. The number of aliphatic hydroxyl groups is 2. The molecule has 0 aliphatic carbocycles. The van der Waals surface area contributed by atoms with Crippen molar-refractivity contribution in [1.29, 1.82) is 0 Å². The molecule has 0 bridgehead atoms. The molecule has 0 amide bonds. The Morgan fingerprint density at radius 2 is 0.571 bits per heavy atom. The summed E-state index contributed by atoms with van der Waals surface area (Å²) in [5.74, 6) is 0. The zero-order chi connectivity index (χ0) is 17.2. The Morgan fingerprint density at radius 1 is 0.476 bits per heavy atom. The van der Waals surface area contributed by atoms with Gasteiger partial charge < -0.3 is 19.8 Å². The zero-order valence-electron chi connectivity index (χ0n) is 15.5. The fourth-order valence-electron chi connectivity index (χ4n) is 1.50. The Morgan fingerprint density at radius 3 is 0.571 bits per heavy atom. The summed E-state index contributed by atoms with van der Waals surface area (Å²) in [6, 6.07) is 6.08. The average Bonchev–Trinajstić information content (AvgIpc) is 2.57. The third-order valence-electron chi connectivity index (χ3n) is 3.95. The molecule has 0 aromatic heterocycles. The summed E-state index contributed by atoms with van der Waals surface area (Å²) in [5.41, 5.74) is 0. The molecule has 0 heterocycles. The van der Waals surface area contributed by atoms with Crippen LogP contribution in [0.4, 0.5) is 0 Å². The molecule has 21 heavy (non-hydrogen) atoms. The van der Waals surface area contributed by atoms with Crippen LogP contribution in [0, 0.1) is 0 Å². The monoisotopic (exact) mass is 376 g/mol. The maximum absolute atomic E-state index is 9.58. The van der Waals surface area contributed by atoms with Crippen LogP contribution in [0.5, 0.6) is 0 Å². The summed E-state index contributed by atoms with van der Waals surface area (Å²) < 4.78 is 0. The molecular formula is C14H40O4Si2Ti. The van der Waals surface area contributed by atoms with Crippen molar-refractivity contribution in [3.63, 3.8) is 0 Å². The fraction of sp³-hybridized carbons (Fsp3) is 1.00. The molecule has 0 aromatic rings. The van der Waals surface area contributed by atoms with Crippen LogP contribution in [0.15, 0.2) is 0 Å². The second-order valence-corrected chi connectivity index (χ2v) is 13.7. The number of hydrogen-bond acceptors (Lipinski definition) is 4. The summed E-state index contributed by atoms with van der Waals surface area (Å²) in [7, 11) is -1.34. The van der Waals surface area contributed by atoms with Crippen LogP contribution in [0.2, 0.25) is 36.3 Å². The van der Waals surface area contributed by atoms with E-state index in [1.54, 1.807) is 0 Å². The molecule has 0 aliphatic rings. The summed E-state index contributed by atoms with van der Waals surface area (Å²) in [4.78, 5) is 19.2. The van der Waals surface area contributed by atoms with Crippen molar-refractivity contribution in [3.05, 3.63) is 0 Å². The van der Waals surface area contributed by atoms with Gasteiger partial charge in [0.05, 0.1) is 0 Å². The first-order valence-electron chi connectivity index (χ1n) is 7.71. The first-order valence-corrected chi connectivity index (χ1v) is 12.8. The molecule has 0 saturated heterocycles. The van der Waals surface area contributed by atoms with Crippen molar-refractivity contribution < 1.29 is 41.5 Å². The van der Waals surface area contributed by atoms with E-state index in [-0.39, 0.29) is 21.7 Å². The van der Waals surface area contributed by atoms with Crippen LogP contribution in [0.25, 0.3) is 0 Å². The molecule has 4 nitrogen and oxygen atoms in total. The van der Waals surface area contributed by atoms with Crippen molar-refractivity contribution in [1.82, 2.24) is 0 Å². The predicted octanol–water partition coefficient (Wildman–Crippen LogP) is 3.18. The maximum Gasteiger partial charge on any atom is 0.187 e. The third-order valence-corrected chi connectivity index (χ3v) is 11.8. The van der Waals surface area contributed by atoms with Gasteiger partial charge in [-0.15, -0.1) is 0 Å². The molecule has 0 atom stereocenters. The quantitative estimate of drug-likeness (QED) is 0.537. The Hall–Kier alpha value is 0.988. The molecule has 0 aromatic carbocycles. The van der Waals surface area contributed by atoms with Crippen LogP contribution < -0.4 is 0 Å². The molecule has 0 radical (unpaired) electrons. The second-order valence-electron chi connectivity index (χ2n) is 4.57. The molecule has 132 valence electrons. The molecule has 0 spiro atoms. The van der Waals surface area contributed by atoms with E-state index in [0.29, 0.717) is 0 Å². The van der Waals surface area contributed by atoms with Gasteiger partial charge >= 0.3 is 0 Å². The second kappa shape index (κ2) is 23.3. The van der Waals surface area contributed by atoms with Crippen molar-refractivity contribution >= 4 is 16.6 Å². The van der Waals surface area contributed by atoms with E-state index in [0.717, 1.165) is 50.5 Å². The van der Waals surface area contributed by atoms with Gasteiger partial charge in [0.25, 0.3) is 0 Å². The minimum absolute atomic E-state index is 0. The summed E-state index contributed by atoms with van der Waals surface area (Å²) in [6.45, 7) is 12.5. The normalized spacial score (nSPS) is 9.71. The molecular weight excluding hydrogens is 336 g/mol. The average molecular weight is 377 g/mol. The van der Waals surface area contributed by atoms with E-state index >= 15 is 0 Å². The smallest absolute Gasteiger partial charge is 0.187 e. The van der Waals surface area contributed by atoms with Gasteiger partial charge in [-0.05, 0) is 36.3 Å². The van der Waals surface area contributed by atoms with Crippen molar-refractivity contribution in [3.8, 4) is 0 Å². The van der Waals surface area contributed by atoms with Gasteiger partial charge in [0.15, 0.2) is 16.6 Å². The van der Waals surface area contributed by atoms with Crippen LogP contribution in [-0.4, -0.2) is 50.7 Å². The van der Waals surface area contributed by atoms with Crippen LogP contribution in [-0.2, 0) is 21.7 Å². The van der Waals surface area contributed by atoms with Gasteiger partial charge in [0.2, 0.25) is 0 Å². The fourth-order valence-corrected chi connectivity index (χ4v) is 4.50. The molecule has 0 rings (SSSR count). The van der Waals surface area contributed by atoms with Gasteiger partial charge in [0, 0.05) is 35.9 Å². The van der Waals surface area contributed by atoms with Crippen molar-refractivity contribution in [2.45, 2.75) is 77.8 Å². The van der Waals surface area contributed by atoms with Gasteiger partial charge in [-0.1, -0.05) is 41.5 Å². The van der Waals surface area contributed by atoms with Gasteiger partial charge in [0.1, 0.15) is 0 Å². The summed E-state index contributed by atoms with van der Waals surface area (Å²) in [5, 5.41) is 14.0. The topological polar surface area (TPSA) is 80.9 Å². The first kappa shape index (κ1) is 33.6. The molecule has 0 unspecified atom stereocenters. The van der Waals surface area contributed by atoms with Gasteiger partial charge in [-0.25, -0.2) is 0 Å². The molecule has 7 heteroatoms. The van der Waals surface area contributed by atoms with E-state index in [9.17, 15) is 9.59 Å². The SMILES string of the molecule is CC[Si](O)(CC)CC.CC[Si](O)(CC)CC.CO.CO.[Ti]. The molecule has 0 fully saturated rings. The number of rotatable bonds is 6. The minimum Gasteiger partial charge on any atom is -0.432 e. The van der Waals surface area contributed by atoms with E-state index in [1.165, 1.54) is 0 Å². The molecule has 4 N–H and O–H groups in total. The van der Waals surface area contributed by atoms with E-state index in [2.05, 4.69) is 41.5 Å². The largest absolute Gasteiger partial charge is 0.432 e. The maximum atomic E-state index is 9.58. The van der Waals surface area contributed by atoms with E-state index < -0.39 is 16.6 Å². The van der Waals surface area contributed by atoms with E-state index in [1.807, 2.05) is 0 Å². The Kier molecular flexibility index (Phi) is 37.2. The Labute approximate surface area is 150 Å².